The number of likely N-dealkylation sites (tertiary alicyclic amines) is 1. The molecular formula is C16H19N3O2. The molecule has 1 aliphatic rings. The van der Waals surface area contributed by atoms with Crippen molar-refractivity contribution in [1.82, 2.24) is 15.0 Å². The average Bonchev–Trinajstić information content (AvgIpc) is 3.08. The van der Waals surface area contributed by atoms with Crippen molar-refractivity contribution in [3.05, 3.63) is 47.6 Å². The zero-order valence-corrected chi connectivity index (χ0v) is 12.3. The summed E-state index contributed by atoms with van der Waals surface area (Å²) in [6, 6.07) is 9.88. The van der Waals surface area contributed by atoms with Gasteiger partial charge < -0.3 is 9.42 Å². The van der Waals surface area contributed by atoms with E-state index in [0.29, 0.717) is 24.7 Å². The Labute approximate surface area is 124 Å². The maximum atomic E-state index is 12.1. The number of rotatable bonds is 4. The first-order valence-corrected chi connectivity index (χ1v) is 7.32. The minimum Gasteiger partial charge on any atom is -0.337 e. The van der Waals surface area contributed by atoms with Gasteiger partial charge in [-0.2, -0.15) is 4.98 Å². The molecule has 3 rings (SSSR count). The number of carbonyl (C=O) groups is 1. The summed E-state index contributed by atoms with van der Waals surface area (Å²) in [7, 11) is 0. The Balaban J connectivity index is 1.81. The summed E-state index contributed by atoms with van der Waals surface area (Å²) in [6.07, 6.45) is 1.28. The van der Waals surface area contributed by atoms with Crippen molar-refractivity contribution in [2.75, 3.05) is 0 Å². The molecule has 1 aromatic heterocycles. The van der Waals surface area contributed by atoms with E-state index < -0.39 is 0 Å². The molecule has 1 aromatic carbocycles. The highest BCUT2D eigenvalue weighted by Gasteiger charge is 2.35. The molecule has 21 heavy (non-hydrogen) atoms. The monoisotopic (exact) mass is 285 g/mol. The summed E-state index contributed by atoms with van der Waals surface area (Å²) < 4.78 is 5.37. The quantitative estimate of drug-likeness (QED) is 0.866. The van der Waals surface area contributed by atoms with E-state index in [1.165, 1.54) is 0 Å². The molecule has 1 unspecified atom stereocenters. The van der Waals surface area contributed by atoms with Crippen molar-refractivity contribution in [2.45, 2.75) is 45.2 Å². The third-order valence-electron chi connectivity index (χ3n) is 3.78. The van der Waals surface area contributed by atoms with E-state index in [0.717, 1.165) is 12.0 Å². The molecule has 1 aliphatic heterocycles. The van der Waals surface area contributed by atoms with E-state index in [1.54, 1.807) is 0 Å². The maximum Gasteiger partial charge on any atom is 0.249 e. The molecule has 2 aromatic rings. The van der Waals surface area contributed by atoms with Crippen LogP contribution in [0.5, 0.6) is 0 Å². The number of hydrogen-bond donors (Lipinski definition) is 0. The third kappa shape index (κ3) is 2.82. The van der Waals surface area contributed by atoms with Gasteiger partial charge >= 0.3 is 0 Å². The second kappa shape index (κ2) is 5.68. The Morgan fingerprint density at radius 2 is 2.10 bits per heavy atom. The zero-order chi connectivity index (χ0) is 14.8. The highest BCUT2D eigenvalue weighted by atomic mass is 16.5. The highest BCUT2D eigenvalue weighted by Crippen LogP contribution is 2.33. The Bertz CT molecular complexity index is 621. The van der Waals surface area contributed by atoms with E-state index in [9.17, 15) is 4.79 Å². The van der Waals surface area contributed by atoms with Gasteiger partial charge in [-0.1, -0.05) is 49.3 Å². The number of aromatic nitrogens is 2. The predicted octanol–water partition coefficient (Wildman–Crippen LogP) is 3.06. The van der Waals surface area contributed by atoms with Crippen LogP contribution in [0, 0.1) is 0 Å². The van der Waals surface area contributed by atoms with E-state index in [-0.39, 0.29) is 17.9 Å². The first kappa shape index (κ1) is 13.8. The molecule has 1 amide bonds. The van der Waals surface area contributed by atoms with Crippen LogP contribution >= 0.6 is 0 Å². The fourth-order valence-electron chi connectivity index (χ4n) is 2.59. The SMILES string of the molecule is CC(C)c1noc(C2CCC(=O)N2Cc2ccccc2)n1. The van der Waals surface area contributed by atoms with Crippen LogP contribution in [0.3, 0.4) is 0 Å². The molecule has 0 aliphatic carbocycles. The fraction of sp³-hybridized carbons (Fsp3) is 0.438. The van der Waals surface area contributed by atoms with Gasteiger partial charge in [0.1, 0.15) is 6.04 Å². The number of amides is 1. The van der Waals surface area contributed by atoms with Gasteiger partial charge in [0.05, 0.1) is 0 Å². The smallest absolute Gasteiger partial charge is 0.249 e. The zero-order valence-electron chi connectivity index (χ0n) is 12.3. The van der Waals surface area contributed by atoms with Crippen LogP contribution in [0.25, 0.3) is 0 Å². The number of benzene rings is 1. The Kier molecular flexibility index (Phi) is 3.73. The second-order valence-corrected chi connectivity index (χ2v) is 5.71. The summed E-state index contributed by atoms with van der Waals surface area (Å²) in [6.45, 7) is 4.63. The van der Waals surface area contributed by atoms with Gasteiger partial charge in [0.25, 0.3) is 0 Å². The van der Waals surface area contributed by atoms with Crippen LogP contribution < -0.4 is 0 Å². The van der Waals surface area contributed by atoms with Crippen LogP contribution in [0.4, 0.5) is 0 Å². The van der Waals surface area contributed by atoms with Crippen molar-refractivity contribution in [3.63, 3.8) is 0 Å². The van der Waals surface area contributed by atoms with Crippen LogP contribution in [0.15, 0.2) is 34.9 Å². The Morgan fingerprint density at radius 3 is 2.76 bits per heavy atom. The molecule has 1 atom stereocenters. The maximum absolute atomic E-state index is 12.1. The first-order valence-electron chi connectivity index (χ1n) is 7.32. The van der Waals surface area contributed by atoms with Gasteiger partial charge in [0, 0.05) is 18.9 Å². The highest BCUT2D eigenvalue weighted by molar-refractivity contribution is 5.78. The Hall–Kier alpha value is -2.17. The van der Waals surface area contributed by atoms with E-state index in [1.807, 2.05) is 49.1 Å². The van der Waals surface area contributed by atoms with Gasteiger partial charge in [-0.25, -0.2) is 0 Å². The topological polar surface area (TPSA) is 59.2 Å². The van der Waals surface area contributed by atoms with E-state index in [4.69, 9.17) is 4.52 Å². The van der Waals surface area contributed by atoms with Crippen LogP contribution in [-0.4, -0.2) is 20.9 Å². The molecular weight excluding hydrogens is 266 g/mol. The lowest BCUT2D eigenvalue weighted by molar-refractivity contribution is -0.129. The molecule has 0 bridgehead atoms. The standard InChI is InChI=1S/C16H19N3O2/c1-11(2)15-17-16(21-18-15)13-8-9-14(20)19(13)10-12-6-4-3-5-7-12/h3-7,11,13H,8-10H2,1-2H3. The second-order valence-electron chi connectivity index (χ2n) is 5.71. The summed E-state index contributed by atoms with van der Waals surface area (Å²) in [4.78, 5) is 18.4. The third-order valence-corrected chi connectivity index (χ3v) is 3.78. The van der Waals surface area contributed by atoms with Crippen LogP contribution in [0.2, 0.25) is 0 Å². The first-order chi connectivity index (χ1) is 10.1. The summed E-state index contributed by atoms with van der Waals surface area (Å²) in [5.41, 5.74) is 1.11. The largest absolute Gasteiger partial charge is 0.337 e. The van der Waals surface area contributed by atoms with Gasteiger partial charge in [0.15, 0.2) is 5.82 Å². The summed E-state index contributed by atoms with van der Waals surface area (Å²) in [5.74, 6) is 1.62. The minimum absolute atomic E-state index is 0.0993. The Morgan fingerprint density at radius 1 is 1.33 bits per heavy atom. The van der Waals surface area contributed by atoms with Gasteiger partial charge in [-0.05, 0) is 12.0 Å². The number of hydrogen-bond acceptors (Lipinski definition) is 4. The molecule has 0 radical (unpaired) electrons. The van der Waals surface area contributed by atoms with Crippen LogP contribution in [0.1, 0.15) is 55.9 Å². The molecule has 1 saturated heterocycles. The van der Waals surface area contributed by atoms with E-state index in [2.05, 4.69) is 10.1 Å². The number of nitrogens with zero attached hydrogens (tertiary/aromatic N) is 3. The predicted molar refractivity (Wildman–Crippen MR) is 77.4 cm³/mol. The molecule has 110 valence electrons. The summed E-state index contributed by atoms with van der Waals surface area (Å²) >= 11 is 0. The molecule has 5 heteroatoms. The van der Waals surface area contributed by atoms with Gasteiger partial charge in [-0.3, -0.25) is 4.79 Å². The van der Waals surface area contributed by atoms with Gasteiger partial charge in [-0.15, -0.1) is 0 Å². The van der Waals surface area contributed by atoms with Crippen molar-refractivity contribution in [1.29, 1.82) is 0 Å². The molecule has 0 saturated carbocycles. The molecule has 0 N–H and O–H groups in total. The average molecular weight is 285 g/mol. The molecule has 1 fully saturated rings. The van der Waals surface area contributed by atoms with Crippen molar-refractivity contribution < 1.29 is 9.32 Å². The van der Waals surface area contributed by atoms with Gasteiger partial charge in [0.2, 0.25) is 11.8 Å². The van der Waals surface area contributed by atoms with Crippen molar-refractivity contribution in [2.24, 2.45) is 0 Å². The lowest BCUT2D eigenvalue weighted by Gasteiger charge is -2.22. The lowest BCUT2D eigenvalue weighted by Crippen LogP contribution is -2.27. The van der Waals surface area contributed by atoms with Crippen molar-refractivity contribution >= 4 is 5.91 Å². The molecule has 2 heterocycles. The fourth-order valence-corrected chi connectivity index (χ4v) is 2.59. The molecule has 0 spiro atoms. The summed E-state index contributed by atoms with van der Waals surface area (Å²) in [5, 5.41) is 4.00. The normalized spacial score (nSPS) is 18.7. The minimum atomic E-state index is -0.0993. The molecule has 5 nitrogen and oxygen atoms in total. The number of carbonyl (C=O) groups excluding carboxylic acids is 1. The van der Waals surface area contributed by atoms with E-state index >= 15 is 0 Å². The van der Waals surface area contributed by atoms with Crippen LogP contribution in [-0.2, 0) is 11.3 Å². The lowest BCUT2D eigenvalue weighted by atomic mass is 10.1. The van der Waals surface area contributed by atoms with Crippen molar-refractivity contribution in [3.8, 4) is 0 Å².